The maximum Gasteiger partial charge on any atom is 0.415 e. The Morgan fingerprint density at radius 2 is 0.802 bits per heavy atom. The number of ether oxygens (including phenoxy) is 4. The van der Waals surface area contributed by atoms with Crippen molar-refractivity contribution in [1.29, 1.82) is 0 Å². The number of piperidine rings is 2. The van der Waals surface area contributed by atoms with Crippen LogP contribution < -0.4 is 18.9 Å². The molecule has 0 saturated carbocycles. The highest BCUT2D eigenvalue weighted by Crippen LogP contribution is 2.49. The molecule has 34 heteroatoms. The smallest absolute Gasteiger partial charge is 0.415 e. The Bertz CT molecular complexity index is 3750. The first kappa shape index (κ1) is 95.5. The van der Waals surface area contributed by atoms with E-state index in [9.17, 15) is 53.9 Å². The van der Waals surface area contributed by atoms with Gasteiger partial charge in [-0.2, -0.15) is 80.3 Å². The van der Waals surface area contributed by atoms with Crippen molar-refractivity contribution >= 4 is 171 Å². The van der Waals surface area contributed by atoms with E-state index in [1.165, 1.54) is 75.5 Å². The molecule has 0 N–H and O–H groups in total. The van der Waals surface area contributed by atoms with Crippen LogP contribution in [0.25, 0.3) is 0 Å². The summed E-state index contributed by atoms with van der Waals surface area (Å²) in [6.07, 6.45) is -9.98. The molecule has 4 amide bonds. The fraction of sp³-hybridized carbons (Fsp3) is 0.444. The molecule has 4 aliphatic heterocycles. The molecule has 0 aliphatic carbocycles. The van der Waals surface area contributed by atoms with Gasteiger partial charge in [0.25, 0.3) is 0 Å². The van der Waals surface area contributed by atoms with E-state index in [1.54, 1.807) is 72.8 Å². The first-order chi connectivity index (χ1) is 47.3. The van der Waals surface area contributed by atoms with Crippen LogP contribution in [0.1, 0.15) is 97.6 Å². The Morgan fingerprint density at radius 1 is 0.472 bits per heavy atom. The summed E-state index contributed by atoms with van der Waals surface area (Å²) in [6.45, 7) is 3.42. The topological polar surface area (TPSA) is 159 Å². The van der Waals surface area contributed by atoms with Crippen molar-refractivity contribution < 1.29 is 72.9 Å². The van der Waals surface area contributed by atoms with Crippen LogP contribution in [0.3, 0.4) is 0 Å². The summed E-state index contributed by atoms with van der Waals surface area (Å²) in [5, 5.41) is 0.859. The molecule has 10 rings (SSSR count). The number of alkyl halides is 6. The highest BCUT2D eigenvalue weighted by atomic mass is 35.5. The maximum absolute atomic E-state index is 13.9. The van der Waals surface area contributed by atoms with Gasteiger partial charge < -0.3 is 38.5 Å². The Morgan fingerprint density at radius 3 is 1.12 bits per heavy atom. The average Bonchev–Trinajstić information content (AvgIpc) is 1.62. The second-order valence-corrected chi connectivity index (χ2v) is 30.9. The highest BCUT2D eigenvalue weighted by Gasteiger charge is 2.50. The van der Waals surface area contributed by atoms with Crippen LogP contribution >= 0.6 is 125 Å². The van der Waals surface area contributed by atoms with Gasteiger partial charge in [-0.15, -0.1) is 24.8 Å². The first-order valence-corrected chi connectivity index (χ1v) is 36.6. The molecule has 2 saturated heterocycles. The number of likely N-dealkylation sites (N-methyl/N-ethyl adjacent to an activating group) is 4. The summed E-state index contributed by atoms with van der Waals surface area (Å²) in [6, 6.07) is 38.6. The predicted octanol–water partition coefficient (Wildman–Crippen LogP) is 16.8. The van der Waals surface area contributed by atoms with Crippen molar-refractivity contribution in [3.63, 3.8) is 0 Å². The standard InChI is InChI=1S/2C36H40Cl2F3N3O5S.2ClH.4H2S/c2*1-42(32(45)22-36(39,40)41)24-34(26-12-13-30(37)31(38)20-26,43(2)33(46)49-28-10-6-9-27(21-28)48-3)14-7-17-44-18-15-35(16-19-44)29-11-5-4-8-25(29)23-50(35)47;;;;;;/h2*4-6,8-13,20-21H,7,14-19,22-24H2,1-3H3;2*1H;4*1H2/t2*34-,50?;;;;;;/m11....../s1. The summed E-state index contributed by atoms with van der Waals surface area (Å²) in [5.41, 5.74) is 2.78. The molecule has 6 aromatic rings. The van der Waals surface area contributed by atoms with Crippen molar-refractivity contribution in [2.75, 3.05) is 94.8 Å². The summed E-state index contributed by atoms with van der Waals surface area (Å²) in [5.74, 6) is 0.115. The van der Waals surface area contributed by atoms with Crippen molar-refractivity contribution in [1.82, 2.24) is 29.4 Å². The monoisotopic (exact) mass is 1710 g/mol. The summed E-state index contributed by atoms with van der Waals surface area (Å²) >= 11 is 25.5. The minimum atomic E-state index is -4.72. The first-order valence-electron chi connectivity index (χ1n) is 32.5. The van der Waals surface area contributed by atoms with E-state index in [0.717, 1.165) is 46.6 Å². The number of benzene rings is 6. The zero-order valence-electron chi connectivity index (χ0n) is 59.0. The second-order valence-electron chi connectivity index (χ2n) is 25.8. The van der Waals surface area contributed by atoms with Crippen LogP contribution in [0.15, 0.2) is 133 Å². The van der Waals surface area contributed by atoms with Crippen molar-refractivity contribution in [2.45, 2.75) is 109 Å². The van der Waals surface area contributed by atoms with Crippen LogP contribution in [-0.2, 0) is 63.3 Å². The SMILES string of the molecule is COc1cccc(OC(=O)N(C)[C@](CCCN2CCC3(CC2)c2ccccc2CS3=O)(CN(C)C(=O)CC(F)(F)F)c2ccc(Cl)c(Cl)c2)c1.COc1cccc(OC(=O)N(C)[C@](CCCN2CCC3(CC2)c2ccccc2CS3=O)(CN(C)C(=O)CC(F)(F)F)c2ccc(Cl)c(Cl)c2)c1.Cl.Cl.S.S.S.S. The summed E-state index contributed by atoms with van der Waals surface area (Å²) < 4.78 is 128. The number of carbonyl (C=O) groups excluding carboxylic acids is 4. The number of carbonyl (C=O) groups is 4. The van der Waals surface area contributed by atoms with Gasteiger partial charge in [-0.3, -0.25) is 27.8 Å². The number of amides is 4. The number of hydrogen-bond acceptors (Lipinski definition) is 12. The second kappa shape index (κ2) is 41.0. The van der Waals surface area contributed by atoms with Crippen molar-refractivity contribution in [3.8, 4) is 23.0 Å². The number of rotatable bonds is 22. The molecule has 4 aliphatic rings. The van der Waals surface area contributed by atoms with Gasteiger partial charge in [0.15, 0.2) is 0 Å². The number of nitrogens with zero attached hydrogens (tertiary/aromatic N) is 6. The lowest BCUT2D eigenvalue weighted by molar-refractivity contribution is -0.163. The third kappa shape index (κ3) is 22.8. The van der Waals surface area contributed by atoms with Gasteiger partial charge >= 0.3 is 24.5 Å². The van der Waals surface area contributed by atoms with Crippen LogP contribution in [0.2, 0.25) is 20.1 Å². The number of fused-ring (bicyclic) bond motifs is 4. The van der Waals surface area contributed by atoms with Crippen LogP contribution in [0.5, 0.6) is 23.0 Å². The summed E-state index contributed by atoms with van der Waals surface area (Å²) in [4.78, 5) is 62.7. The van der Waals surface area contributed by atoms with E-state index in [4.69, 9.17) is 65.4 Å². The van der Waals surface area contributed by atoms with Gasteiger partial charge in [0.1, 0.15) is 35.8 Å². The fourth-order valence-corrected chi connectivity index (χ4v) is 18.6. The Kier molecular flexibility index (Phi) is 37.0. The third-order valence-electron chi connectivity index (χ3n) is 19.7. The van der Waals surface area contributed by atoms with E-state index in [1.807, 2.05) is 36.4 Å². The normalized spacial score (nSPS) is 17.2. The third-order valence-corrected chi connectivity index (χ3v) is 25.3. The van der Waals surface area contributed by atoms with Gasteiger partial charge in [-0.25, -0.2) is 9.59 Å². The van der Waals surface area contributed by atoms with E-state index >= 15 is 0 Å². The average molecular weight is 1720 g/mol. The summed E-state index contributed by atoms with van der Waals surface area (Å²) in [7, 11) is 6.48. The number of methoxy groups -OCH3 is 2. The van der Waals surface area contributed by atoms with Gasteiger partial charge in [-0.05, 0) is 173 Å². The molecule has 4 atom stereocenters. The molecular weight excluding hydrogens is 1630 g/mol. The Balaban J connectivity index is 0.000000521. The molecule has 0 aromatic heterocycles. The molecule has 588 valence electrons. The van der Waals surface area contributed by atoms with Crippen LogP contribution in [0.4, 0.5) is 35.9 Å². The Labute approximate surface area is 681 Å². The Hall–Kier alpha value is -4.66. The van der Waals surface area contributed by atoms with E-state index in [-0.39, 0.29) is 146 Å². The molecular formula is C72H90Cl6F6N6O10S6. The number of halogens is 12. The molecule has 0 bridgehead atoms. The minimum absolute atomic E-state index is 0. The van der Waals surface area contributed by atoms with Gasteiger partial charge in [0.2, 0.25) is 11.8 Å². The van der Waals surface area contributed by atoms with E-state index in [0.29, 0.717) is 86.2 Å². The fourth-order valence-electron chi connectivity index (χ4n) is 14.2. The lowest BCUT2D eigenvalue weighted by atomic mass is 9.82. The zero-order chi connectivity index (χ0) is 72.5. The molecule has 6 aromatic carbocycles. The lowest BCUT2D eigenvalue weighted by Crippen LogP contribution is -2.55. The minimum Gasteiger partial charge on any atom is -0.497 e. The lowest BCUT2D eigenvalue weighted by Gasteiger charge is -2.45. The molecule has 106 heavy (non-hydrogen) atoms. The largest absolute Gasteiger partial charge is 0.497 e. The number of likely N-dealkylation sites (tertiary alicyclic amines) is 2. The molecule has 2 fully saturated rings. The van der Waals surface area contributed by atoms with Crippen molar-refractivity contribution in [3.05, 3.63) is 187 Å². The maximum atomic E-state index is 13.9. The van der Waals surface area contributed by atoms with E-state index in [2.05, 4.69) is 21.9 Å². The molecule has 2 unspecified atom stereocenters. The van der Waals surface area contributed by atoms with Crippen molar-refractivity contribution in [2.24, 2.45) is 0 Å². The zero-order valence-corrected chi connectivity index (χ0v) is 69.3. The van der Waals surface area contributed by atoms with E-state index < -0.39 is 81.9 Å². The quantitative estimate of drug-likeness (QED) is 0.0593. The van der Waals surface area contributed by atoms with Gasteiger partial charge in [0, 0.05) is 86.5 Å². The predicted molar refractivity (Wildman–Crippen MR) is 432 cm³/mol. The highest BCUT2D eigenvalue weighted by molar-refractivity contribution is 7.85. The van der Waals surface area contributed by atoms with Gasteiger partial charge in [-0.1, -0.05) is 119 Å². The molecule has 2 spiro atoms. The van der Waals surface area contributed by atoms with Gasteiger partial charge in [0.05, 0.1) is 54.9 Å². The molecule has 0 radical (unpaired) electrons. The molecule has 16 nitrogen and oxygen atoms in total. The van der Waals surface area contributed by atoms with Crippen LogP contribution in [-0.4, -0.2) is 169 Å². The van der Waals surface area contributed by atoms with Crippen LogP contribution in [0, 0.1) is 0 Å². The number of hydrogen-bond donors (Lipinski definition) is 0. The molecule has 4 heterocycles.